The fourth-order valence-electron chi connectivity index (χ4n) is 1.84. The number of benzene rings is 1. The molecule has 0 spiro atoms. The van der Waals surface area contributed by atoms with Crippen LogP contribution in [0.5, 0.6) is 5.75 Å². The van der Waals surface area contributed by atoms with Crippen molar-refractivity contribution in [3.8, 4) is 5.75 Å². The summed E-state index contributed by atoms with van der Waals surface area (Å²) in [7, 11) is 0. The molecule has 1 aromatic rings. The lowest BCUT2D eigenvalue weighted by Gasteiger charge is -2.17. The zero-order valence-corrected chi connectivity index (χ0v) is 10.1. The van der Waals surface area contributed by atoms with Gasteiger partial charge in [-0.1, -0.05) is 22.0 Å². The fourth-order valence-corrected chi connectivity index (χ4v) is 2.27. The molecule has 0 radical (unpaired) electrons. The zero-order valence-electron chi connectivity index (χ0n) is 8.49. The third kappa shape index (κ3) is 1.91. The van der Waals surface area contributed by atoms with Gasteiger partial charge in [-0.05, 0) is 18.1 Å². The van der Waals surface area contributed by atoms with Gasteiger partial charge in [0, 0.05) is 18.3 Å². The summed E-state index contributed by atoms with van der Waals surface area (Å²) in [6.07, 6.45) is 0.432. The molecule has 1 N–H and O–H groups in total. The van der Waals surface area contributed by atoms with Gasteiger partial charge in [-0.25, -0.2) is 4.39 Å². The second-order valence-electron chi connectivity index (χ2n) is 3.84. The molecule has 5 heteroatoms. The molecular weight excluding hydrogens is 277 g/mol. The van der Waals surface area contributed by atoms with Crippen LogP contribution in [0.25, 0.3) is 0 Å². The van der Waals surface area contributed by atoms with Crippen LogP contribution in [-0.2, 0) is 4.79 Å². The monoisotopic (exact) mass is 287 g/mol. The smallest absolute Gasteiger partial charge is 0.227 e. The Morgan fingerprint density at radius 1 is 1.56 bits per heavy atom. The number of phenols is 1. The average Bonchev–Trinajstić information content (AvgIpc) is 2.64. The van der Waals surface area contributed by atoms with Crippen LogP contribution in [-0.4, -0.2) is 22.9 Å². The van der Waals surface area contributed by atoms with E-state index in [9.17, 15) is 14.3 Å². The van der Waals surface area contributed by atoms with Crippen molar-refractivity contribution in [1.82, 2.24) is 0 Å². The van der Waals surface area contributed by atoms with E-state index in [0.29, 0.717) is 13.0 Å². The van der Waals surface area contributed by atoms with Gasteiger partial charge in [-0.15, -0.1) is 0 Å². The summed E-state index contributed by atoms with van der Waals surface area (Å²) in [5.74, 6) is -1.01. The number of hydrogen-bond donors (Lipinski definition) is 1. The molecule has 1 aliphatic heterocycles. The molecule has 1 atom stereocenters. The van der Waals surface area contributed by atoms with Crippen LogP contribution in [0.1, 0.15) is 6.42 Å². The van der Waals surface area contributed by atoms with E-state index < -0.39 is 11.6 Å². The summed E-state index contributed by atoms with van der Waals surface area (Å²) in [5.41, 5.74) is 0.258. The molecule has 1 fully saturated rings. The Labute approximate surface area is 101 Å². The topological polar surface area (TPSA) is 40.5 Å². The van der Waals surface area contributed by atoms with Gasteiger partial charge in [0.05, 0.1) is 5.69 Å². The van der Waals surface area contributed by atoms with Crippen molar-refractivity contribution < 1.29 is 14.3 Å². The number of alkyl halides is 1. The number of rotatable bonds is 2. The van der Waals surface area contributed by atoms with Gasteiger partial charge in [-0.3, -0.25) is 4.79 Å². The first kappa shape index (κ1) is 11.4. The average molecular weight is 288 g/mol. The second kappa shape index (κ2) is 4.41. The van der Waals surface area contributed by atoms with Crippen LogP contribution < -0.4 is 4.90 Å². The van der Waals surface area contributed by atoms with E-state index in [4.69, 9.17) is 0 Å². The Morgan fingerprint density at radius 2 is 2.31 bits per heavy atom. The molecule has 2 rings (SSSR count). The number of halogens is 2. The largest absolute Gasteiger partial charge is 0.503 e. The molecule has 1 aliphatic rings. The molecule has 1 aromatic carbocycles. The van der Waals surface area contributed by atoms with E-state index in [-0.39, 0.29) is 17.5 Å². The SMILES string of the molecule is O=C1CC(CBr)CN1c1cccc(F)c1O. The fraction of sp³-hybridized carbons (Fsp3) is 0.364. The lowest BCUT2D eigenvalue weighted by Crippen LogP contribution is -2.24. The van der Waals surface area contributed by atoms with E-state index in [1.165, 1.54) is 17.0 Å². The number of carbonyl (C=O) groups excluding carboxylic acids is 1. The quantitative estimate of drug-likeness (QED) is 0.848. The minimum absolute atomic E-state index is 0.0784. The second-order valence-corrected chi connectivity index (χ2v) is 4.48. The number of hydrogen-bond acceptors (Lipinski definition) is 2. The number of aromatic hydroxyl groups is 1. The minimum atomic E-state index is -0.701. The summed E-state index contributed by atoms with van der Waals surface area (Å²) in [5, 5.41) is 10.3. The van der Waals surface area contributed by atoms with Crippen molar-refractivity contribution in [1.29, 1.82) is 0 Å². The van der Waals surface area contributed by atoms with Crippen LogP contribution >= 0.6 is 15.9 Å². The maximum absolute atomic E-state index is 13.1. The third-order valence-electron chi connectivity index (χ3n) is 2.68. The Morgan fingerprint density at radius 3 is 2.94 bits per heavy atom. The summed E-state index contributed by atoms with van der Waals surface area (Å²) >= 11 is 3.32. The number of para-hydroxylation sites is 1. The molecule has 0 bridgehead atoms. The Kier molecular flexibility index (Phi) is 3.14. The zero-order chi connectivity index (χ0) is 11.7. The van der Waals surface area contributed by atoms with Crippen LogP contribution in [0.4, 0.5) is 10.1 Å². The van der Waals surface area contributed by atoms with Crippen molar-refractivity contribution >= 4 is 27.5 Å². The van der Waals surface area contributed by atoms with Crippen molar-refractivity contribution in [2.75, 3.05) is 16.8 Å². The highest BCUT2D eigenvalue weighted by molar-refractivity contribution is 9.09. The molecule has 3 nitrogen and oxygen atoms in total. The van der Waals surface area contributed by atoms with Crippen molar-refractivity contribution in [2.24, 2.45) is 5.92 Å². The van der Waals surface area contributed by atoms with Crippen LogP contribution in [0.2, 0.25) is 0 Å². The lowest BCUT2D eigenvalue weighted by atomic mass is 10.2. The third-order valence-corrected chi connectivity index (χ3v) is 3.60. The summed E-state index contributed by atoms with van der Waals surface area (Å²) < 4.78 is 13.1. The first-order valence-corrected chi connectivity index (χ1v) is 6.09. The molecular formula is C11H11BrFNO2. The number of anilines is 1. The van der Waals surface area contributed by atoms with Gasteiger partial charge in [0.2, 0.25) is 5.91 Å². The molecule has 1 saturated heterocycles. The molecule has 86 valence electrons. The number of carbonyl (C=O) groups is 1. The van der Waals surface area contributed by atoms with Crippen molar-refractivity contribution in [3.63, 3.8) is 0 Å². The first-order valence-electron chi connectivity index (χ1n) is 4.97. The van der Waals surface area contributed by atoms with Crippen LogP contribution in [0.3, 0.4) is 0 Å². The van der Waals surface area contributed by atoms with E-state index >= 15 is 0 Å². The highest BCUT2D eigenvalue weighted by Crippen LogP contribution is 2.34. The molecule has 0 aromatic heterocycles. The van der Waals surface area contributed by atoms with E-state index in [1.807, 2.05) is 0 Å². The molecule has 1 heterocycles. The number of amides is 1. The van der Waals surface area contributed by atoms with Gasteiger partial charge in [-0.2, -0.15) is 0 Å². The summed E-state index contributed by atoms with van der Waals surface area (Å²) in [6, 6.07) is 4.20. The van der Waals surface area contributed by atoms with E-state index in [0.717, 1.165) is 5.33 Å². The van der Waals surface area contributed by atoms with E-state index in [1.54, 1.807) is 6.07 Å². The molecule has 0 aliphatic carbocycles. The molecule has 0 saturated carbocycles. The number of nitrogens with zero attached hydrogens (tertiary/aromatic N) is 1. The van der Waals surface area contributed by atoms with Gasteiger partial charge >= 0.3 is 0 Å². The maximum atomic E-state index is 13.1. The highest BCUT2D eigenvalue weighted by atomic mass is 79.9. The molecule has 16 heavy (non-hydrogen) atoms. The normalized spacial score (nSPS) is 20.5. The maximum Gasteiger partial charge on any atom is 0.227 e. The van der Waals surface area contributed by atoms with Gasteiger partial charge in [0.25, 0.3) is 0 Å². The highest BCUT2D eigenvalue weighted by Gasteiger charge is 2.31. The molecule has 1 unspecified atom stereocenters. The van der Waals surface area contributed by atoms with Crippen LogP contribution in [0.15, 0.2) is 18.2 Å². The minimum Gasteiger partial charge on any atom is -0.503 e. The predicted octanol–water partition coefficient (Wildman–Crippen LogP) is 2.28. The van der Waals surface area contributed by atoms with Gasteiger partial charge in [0.15, 0.2) is 11.6 Å². The Bertz CT molecular complexity index is 424. The number of phenolic OH excluding ortho intramolecular Hbond substituents is 1. The Hall–Kier alpha value is -1.10. The summed E-state index contributed by atoms with van der Waals surface area (Å²) in [6.45, 7) is 0.515. The standard InChI is InChI=1S/C11H11BrFNO2/c12-5-7-4-10(15)14(6-7)9-3-1-2-8(13)11(9)16/h1-3,7,16H,4-6H2. The molecule has 1 amide bonds. The summed E-state index contributed by atoms with van der Waals surface area (Å²) in [4.78, 5) is 13.1. The van der Waals surface area contributed by atoms with E-state index in [2.05, 4.69) is 15.9 Å². The van der Waals surface area contributed by atoms with Crippen molar-refractivity contribution in [2.45, 2.75) is 6.42 Å². The van der Waals surface area contributed by atoms with Gasteiger partial charge in [0.1, 0.15) is 0 Å². The predicted molar refractivity (Wildman–Crippen MR) is 62.3 cm³/mol. The Balaban J connectivity index is 2.31. The van der Waals surface area contributed by atoms with Crippen LogP contribution in [0, 0.1) is 11.7 Å². The van der Waals surface area contributed by atoms with Crippen molar-refractivity contribution in [3.05, 3.63) is 24.0 Å². The lowest BCUT2D eigenvalue weighted by molar-refractivity contribution is -0.117. The van der Waals surface area contributed by atoms with Gasteiger partial charge < -0.3 is 10.0 Å². The first-order chi connectivity index (χ1) is 7.63.